The van der Waals surface area contributed by atoms with Crippen molar-refractivity contribution in [3.05, 3.63) is 66.0 Å². The lowest BCUT2D eigenvalue weighted by molar-refractivity contribution is 0.309. The van der Waals surface area contributed by atoms with Crippen molar-refractivity contribution in [2.24, 2.45) is 5.73 Å². The standard InChI is InChI=1S/C17H17N3O/c18-12-13-11-17(20-16-7-2-1-6-15(13)16)21-10-8-14-5-3-4-9-19-14/h1-7,9,11H,8,10,12,18H2. The predicted molar refractivity (Wildman–Crippen MR) is 83.1 cm³/mol. The van der Waals surface area contributed by atoms with Gasteiger partial charge >= 0.3 is 0 Å². The monoisotopic (exact) mass is 279 g/mol. The molecule has 0 saturated carbocycles. The smallest absolute Gasteiger partial charge is 0.214 e. The van der Waals surface area contributed by atoms with Gasteiger partial charge in [0, 0.05) is 36.3 Å². The molecule has 2 heterocycles. The van der Waals surface area contributed by atoms with Crippen LogP contribution in [0.4, 0.5) is 0 Å². The Kier molecular flexibility index (Phi) is 4.07. The molecule has 2 N–H and O–H groups in total. The zero-order chi connectivity index (χ0) is 14.5. The number of benzene rings is 1. The summed E-state index contributed by atoms with van der Waals surface area (Å²) in [7, 11) is 0. The highest BCUT2D eigenvalue weighted by Crippen LogP contribution is 2.21. The van der Waals surface area contributed by atoms with Crippen LogP contribution in [0.25, 0.3) is 10.9 Å². The van der Waals surface area contributed by atoms with Gasteiger partial charge in [0.2, 0.25) is 5.88 Å². The third-order valence-electron chi connectivity index (χ3n) is 3.33. The lowest BCUT2D eigenvalue weighted by atomic mass is 10.1. The Bertz CT molecular complexity index is 728. The SMILES string of the molecule is NCc1cc(OCCc2ccccn2)nc2ccccc12. The van der Waals surface area contributed by atoms with E-state index in [1.807, 2.05) is 48.5 Å². The summed E-state index contributed by atoms with van der Waals surface area (Å²) in [4.78, 5) is 8.79. The molecule has 0 aliphatic carbocycles. The molecule has 0 fully saturated rings. The first-order valence-electron chi connectivity index (χ1n) is 6.98. The van der Waals surface area contributed by atoms with Gasteiger partial charge in [-0.3, -0.25) is 4.98 Å². The van der Waals surface area contributed by atoms with E-state index in [9.17, 15) is 0 Å². The van der Waals surface area contributed by atoms with E-state index < -0.39 is 0 Å². The van der Waals surface area contributed by atoms with Crippen molar-refractivity contribution in [3.63, 3.8) is 0 Å². The van der Waals surface area contributed by atoms with E-state index in [2.05, 4.69) is 9.97 Å². The molecule has 0 aliphatic heterocycles. The first-order chi connectivity index (χ1) is 10.4. The predicted octanol–water partition coefficient (Wildman–Crippen LogP) is 2.71. The highest BCUT2D eigenvalue weighted by atomic mass is 16.5. The van der Waals surface area contributed by atoms with Gasteiger partial charge in [0.1, 0.15) is 0 Å². The van der Waals surface area contributed by atoms with E-state index in [0.717, 1.165) is 28.6 Å². The molecule has 3 aromatic rings. The Morgan fingerprint density at radius 2 is 1.90 bits per heavy atom. The molecule has 106 valence electrons. The second-order valence-electron chi connectivity index (χ2n) is 4.76. The number of fused-ring (bicyclic) bond motifs is 1. The van der Waals surface area contributed by atoms with Crippen LogP contribution in [0.3, 0.4) is 0 Å². The summed E-state index contributed by atoms with van der Waals surface area (Å²) in [5.74, 6) is 0.616. The third kappa shape index (κ3) is 3.17. The number of pyridine rings is 2. The molecule has 3 rings (SSSR count). The Hall–Kier alpha value is -2.46. The molecule has 0 bridgehead atoms. The molecule has 4 nitrogen and oxygen atoms in total. The fraction of sp³-hybridized carbons (Fsp3) is 0.176. The van der Waals surface area contributed by atoms with Crippen LogP contribution in [0.15, 0.2) is 54.7 Å². The van der Waals surface area contributed by atoms with Gasteiger partial charge in [-0.05, 0) is 23.8 Å². The van der Waals surface area contributed by atoms with Crippen LogP contribution in [0.5, 0.6) is 5.88 Å². The van der Waals surface area contributed by atoms with Crippen molar-refractivity contribution in [1.29, 1.82) is 0 Å². The highest BCUT2D eigenvalue weighted by Gasteiger charge is 2.05. The first kappa shape index (κ1) is 13.5. The van der Waals surface area contributed by atoms with Crippen LogP contribution in [0, 0.1) is 0 Å². The van der Waals surface area contributed by atoms with Gasteiger partial charge in [0.25, 0.3) is 0 Å². The average molecular weight is 279 g/mol. The fourth-order valence-corrected chi connectivity index (χ4v) is 2.27. The van der Waals surface area contributed by atoms with E-state index in [4.69, 9.17) is 10.5 Å². The molecular weight excluding hydrogens is 262 g/mol. The van der Waals surface area contributed by atoms with E-state index in [1.54, 1.807) is 6.20 Å². The van der Waals surface area contributed by atoms with Crippen molar-refractivity contribution in [2.75, 3.05) is 6.61 Å². The minimum atomic E-state index is 0.472. The largest absolute Gasteiger partial charge is 0.477 e. The second kappa shape index (κ2) is 6.33. The molecule has 1 aromatic carbocycles. The van der Waals surface area contributed by atoms with Crippen LogP contribution < -0.4 is 10.5 Å². The number of ether oxygens (including phenoxy) is 1. The zero-order valence-corrected chi connectivity index (χ0v) is 11.7. The quantitative estimate of drug-likeness (QED) is 0.780. The Morgan fingerprint density at radius 3 is 2.71 bits per heavy atom. The van der Waals surface area contributed by atoms with Crippen molar-refractivity contribution in [3.8, 4) is 5.88 Å². The summed E-state index contributed by atoms with van der Waals surface area (Å²) >= 11 is 0. The molecule has 0 radical (unpaired) electrons. The topological polar surface area (TPSA) is 61.0 Å². The van der Waals surface area contributed by atoms with Gasteiger partial charge < -0.3 is 10.5 Å². The molecule has 0 atom stereocenters. The maximum absolute atomic E-state index is 5.81. The average Bonchev–Trinajstić information content (AvgIpc) is 2.55. The van der Waals surface area contributed by atoms with Crippen LogP contribution in [0.1, 0.15) is 11.3 Å². The van der Waals surface area contributed by atoms with Gasteiger partial charge in [0.05, 0.1) is 12.1 Å². The van der Waals surface area contributed by atoms with Crippen molar-refractivity contribution >= 4 is 10.9 Å². The molecule has 0 unspecified atom stereocenters. The Morgan fingerprint density at radius 1 is 1.05 bits per heavy atom. The van der Waals surface area contributed by atoms with Gasteiger partial charge in [-0.25, -0.2) is 4.98 Å². The molecule has 21 heavy (non-hydrogen) atoms. The van der Waals surface area contributed by atoms with Gasteiger partial charge in [-0.1, -0.05) is 24.3 Å². The normalized spacial score (nSPS) is 10.7. The van der Waals surface area contributed by atoms with Crippen LogP contribution in [0.2, 0.25) is 0 Å². The third-order valence-corrected chi connectivity index (χ3v) is 3.33. The summed E-state index contributed by atoms with van der Waals surface area (Å²) in [6.07, 6.45) is 2.55. The molecular formula is C17H17N3O. The van der Waals surface area contributed by atoms with E-state index >= 15 is 0 Å². The number of aromatic nitrogens is 2. The van der Waals surface area contributed by atoms with E-state index in [1.165, 1.54) is 0 Å². The molecule has 0 amide bonds. The van der Waals surface area contributed by atoms with Crippen LogP contribution in [-0.4, -0.2) is 16.6 Å². The van der Waals surface area contributed by atoms with Gasteiger partial charge in [0.15, 0.2) is 0 Å². The van der Waals surface area contributed by atoms with E-state index in [-0.39, 0.29) is 0 Å². The van der Waals surface area contributed by atoms with Crippen molar-refractivity contribution < 1.29 is 4.74 Å². The first-order valence-corrected chi connectivity index (χ1v) is 6.98. The number of hydrogen-bond donors (Lipinski definition) is 1. The summed E-state index contributed by atoms with van der Waals surface area (Å²) in [5.41, 5.74) is 8.78. The molecule has 0 spiro atoms. The minimum absolute atomic E-state index is 0.472. The number of para-hydroxylation sites is 1. The number of hydrogen-bond acceptors (Lipinski definition) is 4. The van der Waals surface area contributed by atoms with Crippen molar-refractivity contribution in [1.82, 2.24) is 9.97 Å². The lowest BCUT2D eigenvalue weighted by Gasteiger charge is -2.09. The van der Waals surface area contributed by atoms with Crippen LogP contribution in [-0.2, 0) is 13.0 Å². The summed E-state index contributed by atoms with van der Waals surface area (Å²) in [6.45, 7) is 1.02. The highest BCUT2D eigenvalue weighted by molar-refractivity contribution is 5.82. The zero-order valence-electron chi connectivity index (χ0n) is 11.7. The maximum atomic E-state index is 5.81. The second-order valence-corrected chi connectivity index (χ2v) is 4.76. The molecule has 0 saturated heterocycles. The van der Waals surface area contributed by atoms with Gasteiger partial charge in [-0.15, -0.1) is 0 Å². The molecule has 2 aromatic heterocycles. The summed E-state index contributed by atoms with van der Waals surface area (Å²) < 4.78 is 5.75. The molecule has 4 heteroatoms. The number of nitrogens with zero attached hydrogens (tertiary/aromatic N) is 2. The van der Waals surface area contributed by atoms with Crippen molar-refractivity contribution in [2.45, 2.75) is 13.0 Å². The Labute approximate surface area is 123 Å². The maximum Gasteiger partial charge on any atom is 0.214 e. The van der Waals surface area contributed by atoms with Gasteiger partial charge in [-0.2, -0.15) is 0 Å². The Balaban J connectivity index is 1.75. The lowest BCUT2D eigenvalue weighted by Crippen LogP contribution is -2.05. The summed E-state index contributed by atoms with van der Waals surface area (Å²) in [6, 6.07) is 15.7. The molecule has 0 aliphatic rings. The summed E-state index contributed by atoms with van der Waals surface area (Å²) in [5, 5.41) is 1.08. The van der Waals surface area contributed by atoms with E-state index in [0.29, 0.717) is 19.0 Å². The minimum Gasteiger partial charge on any atom is -0.477 e. The van der Waals surface area contributed by atoms with Crippen LogP contribution >= 0.6 is 0 Å². The number of nitrogens with two attached hydrogens (primary N) is 1. The fourth-order valence-electron chi connectivity index (χ4n) is 2.27. The number of rotatable bonds is 5.